The highest BCUT2D eigenvalue weighted by molar-refractivity contribution is 8.04. The zero-order valence-electron chi connectivity index (χ0n) is 16.1. The molecule has 1 unspecified atom stereocenters. The van der Waals surface area contributed by atoms with Crippen molar-refractivity contribution in [3.8, 4) is 5.75 Å². The van der Waals surface area contributed by atoms with E-state index in [-0.39, 0.29) is 17.1 Å². The number of thioether (sulfide) groups is 1. The number of allylic oxidation sites excluding steroid dienone is 1. The summed E-state index contributed by atoms with van der Waals surface area (Å²) in [5, 5.41) is 0.784. The van der Waals surface area contributed by atoms with E-state index in [1.54, 1.807) is 12.3 Å². The lowest BCUT2D eigenvalue weighted by molar-refractivity contribution is -0.142. The van der Waals surface area contributed by atoms with E-state index in [0.29, 0.717) is 43.3 Å². The van der Waals surface area contributed by atoms with Crippen molar-refractivity contribution in [3.05, 3.63) is 28.9 Å². The molecule has 3 aliphatic heterocycles. The maximum Gasteiger partial charge on any atom is 0.319 e. The Hall–Kier alpha value is -2.22. The van der Waals surface area contributed by atoms with Crippen LogP contribution in [-0.2, 0) is 9.53 Å². The van der Waals surface area contributed by atoms with Gasteiger partial charge in [-0.1, -0.05) is 17.8 Å². The van der Waals surface area contributed by atoms with E-state index in [9.17, 15) is 9.59 Å². The van der Waals surface area contributed by atoms with Crippen molar-refractivity contribution in [1.82, 2.24) is 9.88 Å². The molecule has 1 atom stereocenters. The van der Waals surface area contributed by atoms with E-state index < -0.39 is 0 Å². The van der Waals surface area contributed by atoms with E-state index in [1.165, 1.54) is 18.2 Å². The van der Waals surface area contributed by atoms with Crippen LogP contribution < -0.4 is 9.64 Å². The molecule has 1 saturated heterocycles. The number of aromatic nitrogens is 1. The number of fused-ring (bicyclic) bond motifs is 1. The van der Waals surface area contributed by atoms with Crippen molar-refractivity contribution in [3.63, 3.8) is 0 Å². The number of likely N-dealkylation sites (tertiary alicyclic amines) is 1. The van der Waals surface area contributed by atoms with Crippen LogP contribution in [0.3, 0.4) is 0 Å². The molecule has 0 radical (unpaired) electrons. The predicted octanol–water partition coefficient (Wildman–Crippen LogP) is 2.82. The fourth-order valence-electron chi connectivity index (χ4n) is 3.71. The third-order valence-electron chi connectivity index (χ3n) is 5.14. The van der Waals surface area contributed by atoms with Gasteiger partial charge in [-0.15, -0.1) is 0 Å². The summed E-state index contributed by atoms with van der Waals surface area (Å²) in [6.45, 7) is 4.99. The third kappa shape index (κ3) is 3.83. The number of hydrogen-bond donors (Lipinski definition) is 0. The van der Waals surface area contributed by atoms with Crippen molar-refractivity contribution in [2.24, 2.45) is 0 Å². The number of ether oxygens (including phenoxy) is 2. The highest BCUT2D eigenvalue weighted by Crippen LogP contribution is 2.41. The molecular formula is C20H25N3O4S. The van der Waals surface area contributed by atoms with Crippen LogP contribution >= 0.6 is 11.8 Å². The van der Waals surface area contributed by atoms with Gasteiger partial charge in [-0.05, 0) is 38.7 Å². The van der Waals surface area contributed by atoms with Crippen molar-refractivity contribution in [1.29, 1.82) is 0 Å². The molecule has 4 heterocycles. The van der Waals surface area contributed by atoms with Gasteiger partial charge in [0.1, 0.15) is 11.9 Å². The number of carbonyl (C=O) groups excluding carboxylic acids is 2. The molecule has 1 fully saturated rings. The molecule has 0 aliphatic carbocycles. The van der Waals surface area contributed by atoms with Gasteiger partial charge in [0.05, 0.1) is 23.7 Å². The van der Waals surface area contributed by atoms with E-state index in [1.807, 2.05) is 11.8 Å². The van der Waals surface area contributed by atoms with Gasteiger partial charge >= 0.3 is 5.97 Å². The minimum Gasteiger partial charge on any atom is -0.488 e. The number of nitrogens with zero attached hydrogens (tertiary/aromatic N) is 3. The predicted molar refractivity (Wildman–Crippen MR) is 108 cm³/mol. The van der Waals surface area contributed by atoms with Gasteiger partial charge in [-0.25, -0.2) is 4.98 Å². The first-order valence-electron chi connectivity index (χ1n) is 9.90. The fourth-order valence-corrected chi connectivity index (χ4v) is 4.86. The number of carbonyl (C=O) groups is 2. The summed E-state index contributed by atoms with van der Waals surface area (Å²) in [7, 11) is 0. The first-order chi connectivity index (χ1) is 13.7. The lowest BCUT2D eigenvalue weighted by atomic mass is 10.1. The molecule has 150 valence electrons. The number of rotatable bonds is 4. The summed E-state index contributed by atoms with van der Waals surface area (Å²) in [5.41, 5.74) is 0.569. The third-order valence-corrected chi connectivity index (χ3v) is 6.43. The summed E-state index contributed by atoms with van der Waals surface area (Å²) >= 11 is 1.50. The van der Waals surface area contributed by atoms with Crippen LogP contribution in [0.1, 0.15) is 43.0 Å². The number of hydrogen-bond acceptors (Lipinski definition) is 7. The van der Waals surface area contributed by atoms with Crippen LogP contribution in [0.5, 0.6) is 5.75 Å². The Morgan fingerprint density at radius 2 is 2.11 bits per heavy atom. The second-order valence-corrected chi connectivity index (χ2v) is 8.26. The molecule has 1 aromatic heterocycles. The fraction of sp³-hybridized carbons (Fsp3) is 0.550. The van der Waals surface area contributed by atoms with Crippen LogP contribution in [0.2, 0.25) is 0 Å². The van der Waals surface area contributed by atoms with Crippen LogP contribution in [0.15, 0.2) is 23.4 Å². The van der Waals surface area contributed by atoms with Gasteiger partial charge in [0.2, 0.25) is 0 Å². The Morgan fingerprint density at radius 3 is 2.89 bits per heavy atom. The van der Waals surface area contributed by atoms with E-state index >= 15 is 0 Å². The van der Waals surface area contributed by atoms with Gasteiger partial charge in [-0.2, -0.15) is 0 Å². The van der Waals surface area contributed by atoms with Gasteiger partial charge in [-0.3, -0.25) is 9.59 Å². The largest absolute Gasteiger partial charge is 0.488 e. The molecule has 3 aliphatic rings. The molecule has 0 N–H and O–H groups in total. The van der Waals surface area contributed by atoms with Gasteiger partial charge in [0.15, 0.2) is 11.6 Å². The minimum absolute atomic E-state index is 0.0209. The molecule has 0 spiro atoms. The van der Waals surface area contributed by atoms with Crippen molar-refractivity contribution in [2.75, 3.05) is 37.7 Å². The molecule has 1 aromatic rings. The smallest absolute Gasteiger partial charge is 0.319 e. The number of pyridine rings is 1. The molecule has 0 aromatic carbocycles. The summed E-state index contributed by atoms with van der Waals surface area (Å²) in [6, 6.07) is 1.80. The Morgan fingerprint density at radius 1 is 1.29 bits per heavy atom. The Labute approximate surface area is 169 Å². The first-order valence-corrected chi connectivity index (χ1v) is 10.8. The lowest BCUT2D eigenvalue weighted by Gasteiger charge is -2.31. The van der Waals surface area contributed by atoms with Crippen LogP contribution in [0.4, 0.5) is 5.82 Å². The standard InChI is InChI=1S/C20H25N3O4S/c1-2-26-20(25)16-6-7-17(28-16)23-10-11-27-15-12-14(13-21-18(15)23)19(24)22-8-4-3-5-9-22/h7,12-13,16H,2-6,8-11H2,1H3. The maximum absolute atomic E-state index is 12.8. The number of amides is 1. The normalized spacial score (nSPS) is 21.6. The second kappa shape index (κ2) is 8.43. The maximum atomic E-state index is 12.8. The molecule has 28 heavy (non-hydrogen) atoms. The average molecular weight is 404 g/mol. The zero-order chi connectivity index (χ0) is 19.5. The van der Waals surface area contributed by atoms with Gasteiger partial charge in [0, 0.05) is 19.3 Å². The first kappa shape index (κ1) is 19.1. The van der Waals surface area contributed by atoms with E-state index in [2.05, 4.69) is 16.0 Å². The minimum atomic E-state index is -0.207. The SMILES string of the molecule is CCOC(=O)C1CC=C(N2CCOc3cc(C(=O)N4CCCCC4)cnc32)S1. The number of anilines is 1. The van der Waals surface area contributed by atoms with Gasteiger partial charge in [0.25, 0.3) is 5.91 Å². The van der Waals surface area contributed by atoms with Crippen LogP contribution in [-0.4, -0.2) is 59.9 Å². The highest BCUT2D eigenvalue weighted by Gasteiger charge is 2.32. The lowest BCUT2D eigenvalue weighted by Crippen LogP contribution is -2.36. The molecule has 0 saturated carbocycles. The Bertz CT molecular complexity index is 792. The topological polar surface area (TPSA) is 72.0 Å². The van der Waals surface area contributed by atoms with Crippen molar-refractivity contribution in [2.45, 2.75) is 37.9 Å². The molecule has 1 amide bonds. The molecule has 8 heteroatoms. The summed E-state index contributed by atoms with van der Waals surface area (Å²) in [6.07, 6.45) is 7.64. The Kier molecular flexibility index (Phi) is 5.75. The van der Waals surface area contributed by atoms with E-state index in [0.717, 1.165) is 31.0 Å². The van der Waals surface area contributed by atoms with Crippen molar-refractivity contribution >= 4 is 29.5 Å². The van der Waals surface area contributed by atoms with Crippen LogP contribution in [0, 0.1) is 0 Å². The number of esters is 1. The molecule has 4 rings (SSSR count). The summed E-state index contributed by atoms with van der Waals surface area (Å²) in [5.74, 6) is 1.16. The Balaban J connectivity index is 1.49. The quantitative estimate of drug-likeness (QED) is 0.716. The monoisotopic (exact) mass is 403 g/mol. The average Bonchev–Trinajstić information content (AvgIpc) is 3.23. The molecule has 0 bridgehead atoms. The molecule has 7 nitrogen and oxygen atoms in total. The summed E-state index contributed by atoms with van der Waals surface area (Å²) in [4.78, 5) is 33.3. The zero-order valence-corrected chi connectivity index (χ0v) is 16.9. The highest BCUT2D eigenvalue weighted by atomic mass is 32.2. The van der Waals surface area contributed by atoms with Gasteiger partial charge < -0.3 is 19.3 Å². The van der Waals surface area contributed by atoms with E-state index in [4.69, 9.17) is 9.47 Å². The second-order valence-electron chi connectivity index (χ2n) is 7.04. The van der Waals surface area contributed by atoms with Crippen molar-refractivity contribution < 1.29 is 19.1 Å². The molecular weight excluding hydrogens is 378 g/mol. The summed E-state index contributed by atoms with van der Waals surface area (Å²) < 4.78 is 10.9. The van der Waals surface area contributed by atoms with Crippen LogP contribution in [0.25, 0.3) is 0 Å². The number of piperidine rings is 1.